The lowest BCUT2D eigenvalue weighted by atomic mass is 10.1. The molecular weight excluding hydrogens is 230 g/mol. The lowest BCUT2D eigenvalue weighted by Gasteiger charge is -2.14. The normalized spacial score (nSPS) is 21.3. The van der Waals surface area contributed by atoms with Gasteiger partial charge in [-0.3, -0.25) is 0 Å². The molecule has 5 nitrogen and oxygen atoms in total. The molecule has 0 aliphatic carbocycles. The molecular formula is C13H23N3O2. The van der Waals surface area contributed by atoms with Gasteiger partial charge < -0.3 is 14.6 Å². The summed E-state index contributed by atoms with van der Waals surface area (Å²) in [5, 5.41) is 7.48. The number of ether oxygens (including phenoxy) is 1. The molecule has 1 aliphatic heterocycles. The molecule has 1 aromatic heterocycles. The van der Waals surface area contributed by atoms with Crippen molar-refractivity contribution in [1.82, 2.24) is 15.5 Å². The molecule has 1 aromatic rings. The number of aromatic nitrogens is 2. The zero-order chi connectivity index (χ0) is 12.8. The van der Waals surface area contributed by atoms with Crippen LogP contribution in [-0.2, 0) is 11.2 Å². The average molecular weight is 253 g/mol. The van der Waals surface area contributed by atoms with E-state index in [1.807, 2.05) is 0 Å². The molecule has 1 fully saturated rings. The van der Waals surface area contributed by atoms with Gasteiger partial charge in [0.05, 0.1) is 0 Å². The number of nitrogens with one attached hydrogen (secondary N) is 1. The minimum Gasteiger partial charge on any atom is -0.370 e. The van der Waals surface area contributed by atoms with E-state index in [2.05, 4.69) is 29.3 Å². The second kappa shape index (κ2) is 6.85. The van der Waals surface area contributed by atoms with E-state index in [0.717, 1.165) is 51.1 Å². The van der Waals surface area contributed by atoms with Crippen LogP contribution in [0.4, 0.5) is 0 Å². The van der Waals surface area contributed by atoms with Gasteiger partial charge in [0.25, 0.3) is 0 Å². The standard InChI is InChI=1S/C13H23N3O2/c1-3-6-10(14-4-2)9-12-15-13(16-18-12)11-7-5-8-17-11/h10-11,14H,3-9H2,1-2H3. The first-order valence-corrected chi connectivity index (χ1v) is 7.01. The van der Waals surface area contributed by atoms with Gasteiger partial charge in [-0.2, -0.15) is 4.98 Å². The fraction of sp³-hybridized carbons (Fsp3) is 0.846. The Morgan fingerprint density at radius 3 is 3.00 bits per heavy atom. The highest BCUT2D eigenvalue weighted by Gasteiger charge is 2.23. The zero-order valence-electron chi connectivity index (χ0n) is 11.3. The lowest BCUT2D eigenvalue weighted by Crippen LogP contribution is -2.30. The highest BCUT2D eigenvalue weighted by atomic mass is 16.5. The second-order valence-electron chi connectivity index (χ2n) is 4.80. The maximum atomic E-state index is 5.55. The summed E-state index contributed by atoms with van der Waals surface area (Å²) in [5.74, 6) is 1.44. The minimum atomic E-state index is 0.0475. The van der Waals surface area contributed by atoms with Crippen molar-refractivity contribution < 1.29 is 9.26 Å². The summed E-state index contributed by atoms with van der Waals surface area (Å²) in [7, 11) is 0. The molecule has 102 valence electrons. The van der Waals surface area contributed by atoms with Gasteiger partial charge in [-0.25, -0.2) is 0 Å². The number of nitrogens with zero attached hydrogens (tertiary/aromatic N) is 2. The highest BCUT2D eigenvalue weighted by molar-refractivity contribution is 4.94. The molecule has 0 amide bonds. The van der Waals surface area contributed by atoms with Gasteiger partial charge in [-0.15, -0.1) is 0 Å². The first kappa shape index (κ1) is 13.5. The van der Waals surface area contributed by atoms with Crippen LogP contribution in [0.25, 0.3) is 0 Å². The molecule has 18 heavy (non-hydrogen) atoms. The molecule has 0 saturated carbocycles. The molecule has 2 unspecified atom stereocenters. The summed E-state index contributed by atoms with van der Waals surface area (Å²) in [5.41, 5.74) is 0. The quantitative estimate of drug-likeness (QED) is 0.807. The smallest absolute Gasteiger partial charge is 0.228 e. The molecule has 2 atom stereocenters. The summed E-state index contributed by atoms with van der Waals surface area (Å²) in [4.78, 5) is 4.45. The van der Waals surface area contributed by atoms with Crippen molar-refractivity contribution >= 4 is 0 Å². The fourth-order valence-electron chi connectivity index (χ4n) is 2.39. The molecule has 2 heterocycles. The predicted molar refractivity (Wildman–Crippen MR) is 68.3 cm³/mol. The van der Waals surface area contributed by atoms with Crippen LogP contribution in [0.5, 0.6) is 0 Å². The molecule has 0 spiro atoms. The maximum absolute atomic E-state index is 5.55. The number of hydrogen-bond acceptors (Lipinski definition) is 5. The maximum Gasteiger partial charge on any atom is 0.228 e. The van der Waals surface area contributed by atoms with Gasteiger partial charge in [-0.05, 0) is 25.8 Å². The summed E-state index contributed by atoms with van der Waals surface area (Å²) < 4.78 is 10.9. The van der Waals surface area contributed by atoms with Crippen LogP contribution in [0.1, 0.15) is 57.3 Å². The van der Waals surface area contributed by atoms with Crippen LogP contribution in [-0.4, -0.2) is 29.3 Å². The van der Waals surface area contributed by atoms with Crippen molar-refractivity contribution in [3.63, 3.8) is 0 Å². The average Bonchev–Trinajstić information content (AvgIpc) is 2.98. The molecule has 2 rings (SSSR count). The van der Waals surface area contributed by atoms with E-state index >= 15 is 0 Å². The van der Waals surface area contributed by atoms with Crippen molar-refractivity contribution in [3.05, 3.63) is 11.7 Å². The third-order valence-corrected chi connectivity index (χ3v) is 3.25. The molecule has 1 aliphatic rings. The van der Waals surface area contributed by atoms with Crippen molar-refractivity contribution in [3.8, 4) is 0 Å². The summed E-state index contributed by atoms with van der Waals surface area (Å²) in [6.45, 7) is 6.09. The van der Waals surface area contributed by atoms with Gasteiger partial charge in [0.2, 0.25) is 11.7 Å². The molecule has 1 saturated heterocycles. The Hall–Kier alpha value is -0.940. The Morgan fingerprint density at radius 2 is 2.33 bits per heavy atom. The third-order valence-electron chi connectivity index (χ3n) is 3.25. The van der Waals surface area contributed by atoms with E-state index in [1.165, 1.54) is 0 Å². The SMILES string of the molecule is CCCC(Cc1nc(C2CCCO2)no1)NCC. The van der Waals surface area contributed by atoms with Crippen LogP contribution < -0.4 is 5.32 Å². The van der Waals surface area contributed by atoms with Crippen molar-refractivity contribution in [2.45, 2.75) is 58.1 Å². The number of likely N-dealkylation sites (N-methyl/N-ethyl adjacent to an activating group) is 1. The second-order valence-corrected chi connectivity index (χ2v) is 4.80. The van der Waals surface area contributed by atoms with Gasteiger partial charge in [-0.1, -0.05) is 25.4 Å². The largest absolute Gasteiger partial charge is 0.370 e. The van der Waals surface area contributed by atoms with E-state index in [4.69, 9.17) is 9.26 Å². The summed E-state index contributed by atoms with van der Waals surface area (Å²) in [6.07, 6.45) is 5.23. The van der Waals surface area contributed by atoms with E-state index in [9.17, 15) is 0 Å². The van der Waals surface area contributed by atoms with Gasteiger partial charge in [0, 0.05) is 19.1 Å². The van der Waals surface area contributed by atoms with Gasteiger partial charge in [0.15, 0.2) is 0 Å². The summed E-state index contributed by atoms with van der Waals surface area (Å²) >= 11 is 0. The lowest BCUT2D eigenvalue weighted by molar-refractivity contribution is 0.103. The molecule has 5 heteroatoms. The van der Waals surface area contributed by atoms with Gasteiger partial charge in [0.1, 0.15) is 6.10 Å². The molecule has 0 aromatic carbocycles. The Bertz CT molecular complexity index is 342. The zero-order valence-corrected chi connectivity index (χ0v) is 11.3. The van der Waals surface area contributed by atoms with E-state index in [1.54, 1.807) is 0 Å². The van der Waals surface area contributed by atoms with Crippen molar-refractivity contribution in [1.29, 1.82) is 0 Å². The topological polar surface area (TPSA) is 60.2 Å². The predicted octanol–water partition coefficient (Wildman–Crippen LogP) is 2.24. The van der Waals surface area contributed by atoms with E-state index in [-0.39, 0.29) is 6.10 Å². The monoisotopic (exact) mass is 253 g/mol. The Labute approximate surface area is 108 Å². The van der Waals surface area contributed by atoms with Crippen LogP contribution in [0.15, 0.2) is 4.52 Å². The Balaban J connectivity index is 1.91. The van der Waals surface area contributed by atoms with E-state index < -0.39 is 0 Å². The van der Waals surface area contributed by atoms with Crippen molar-refractivity contribution in [2.75, 3.05) is 13.2 Å². The van der Waals surface area contributed by atoms with Gasteiger partial charge >= 0.3 is 0 Å². The fourth-order valence-corrected chi connectivity index (χ4v) is 2.39. The van der Waals surface area contributed by atoms with E-state index in [0.29, 0.717) is 11.9 Å². The number of rotatable bonds is 7. The van der Waals surface area contributed by atoms with Crippen LogP contribution in [0.3, 0.4) is 0 Å². The highest BCUT2D eigenvalue weighted by Crippen LogP contribution is 2.26. The first-order valence-electron chi connectivity index (χ1n) is 7.01. The molecule has 0 radical (unpaired) electrons. The molecule has 1 N–H and O–H groups in total. The minimum absolute atomic E-state index is 0.0475. The third kappa shape index (κ3) is 3.53. The molecule has 0 bridgehead atoms. The summed E-state index contributed by atoms with van der Waals surface area (Å²) in [6, 6.07) is 0.429. The number of hydrogen-bond donors (Lipinski definition) is 1. The Kier molecular flexibility index (Phi) is 5.13. The first-order chi connectivity index (χ1) is 8.83. The van der Waals surface area contributed by atoms with Crippen LogP contribution in [0.2, 0.25) is 0 Å². The van der Waals surface area contributed by atoms with Crippen LogP contribution in [0, 0.1) is 0 Å². The van der Waals surface area contributed by atoms with Crippen molar-refractivity contribution in [2.24, 2.45) is 0 Å². The van der Waals surface area contributed by atoms with Crippen LogP contribution >= 0.6 is 0 Å². The Morgan fingerprint density at radius 1 is 1.44 bits per heavy atom.